The van der Waals surface area contributed by atoms with Gasteiger partial charge in [-0.2, -0.15) is 0 Å². The molecule has 0 amide bonds. The van der Waals surface area contributed by atoms with Gasteiger partial charge in [-0.1, -0.05) is 6.07 Å². The van der Waals surface area contributed by atoms with Gasteiger partial charge < -0.3 is 10.1 Å². The minimum Gasteiger partial charge on any atom is -0.382 e. The zero-order valence-corrected chi connectivity index (χ0v) is 11.0. The van der Waals surface area contributed by atoms with E-state index >= 15 is 0 Å². The number of hydrogen-bond donors (Lipinski definition) is 1. The van der Waals surface area contributed by atoms with E-state index in [1.807, 2.05) is 0 Å². The van der Waals surface area contributed by atoms with E-state index in [1.54, 1.807) is 0 Å². The highest BCUT2D eigenvalue weighted by Crippen LogP contribution is 2.21. The number of halogens is 1. The van der Waals surface area contributed by atoms with Crippen LogP contribution < -0.4 is 5.32 Å². The zero-order valence-electron chi connectivity index (χ0n) is 8.87. The summed E-state index contributed by atoms with van der Waals surface area (Å²) in [6.45, 7) is 4.06. The van der Waals surface area contributed by atoms with Crippen molar-refractivity contribution in [3.63, 3.8) is 0 Å². The molecule has 2 rings (SSSR count). The second kappa shape index (κ2) is 5.16. The Hall–Kier alpha value is -0.290. The minimum atomic E-state index is 0.491. The molecule has 1 aliphatic heterocycles. The third-order valence-corrected chi connectivity index (χ3v) is 3.56. The smallest absolute Gasteiger partial charge is 0.0514 e. The topological polar surface area (TPSA) is 21.3 Å². The highest BCUT2D eigenvalue weighted by atomic mass is 127. The van der Waals surface area contributed by atoms with Gasteiger partial charge in [0.25, 0.3) is 0 Å². The molecule has 1 aliphatic rings. The van der Waals surface area contributed by atoms with Crippen molar-refractivity contribution in [2.75, 3.05) is 18.5 Å². The summed E-state index contributed by atoms with van der Waals surface area (Å²) in [6.07, 6.45) is 1.18. The third-order valence-electron chi connectivity index (χ3n) is 2.89. The SMILES string of the molecule is CC(Nc1cccc(I)c1)C1CCOC1. The van der Waals surface area contributed by atoms with Crippen LogP contribution in [0, 0.1) is 9.49 Å². The van der Waals surface area contributed by atoms with Gasteiger partial charge in [0, 0.05) is 27.8 Å². The number of ether oxygens (including phenoxy) is 1. The average molecular weight is 317 g/mol. The maximum absolute atomic E-state index is 5.40. The number of benzene rings is 1. The van der Waals surface area contributed by atoms with Crippen LogP contribution in [0.25, 0.3) is 0 Å². The highest BCUT2D eigenvalue weighted by Gasteiger charge is 2.21. The van der Waals surface area contributed by atoms with Crippen LogP contribution in [0.1, 0.15) is 13.3 Å². The highest BCUT2D eigenvalue weighted by molar-refractivity contribution is 14.1. The molecule has 2 unspecified atom stereocenters. The van der Waals surface area contributed by atoms with E-state index in [4.69, 9.17) is 4.74 Å². The zero-order chi connectivity index (χ0) is 10.7. The van der Waals surface area contributed by atoms with Crippen molar-refractivity contribution in [1.82, 2.24) is 0 Å². The first-order valence-electron chi connectivity index (χ1n) is 5.35. The Kier molecular flexibility index (Phi) is 3.86. The fraction of sp³-hybridized carbons (Fsp3) is 0.500. The van der Waals surface area contributed by atoms with Crippen molar-refractivity contribution >= 4 is 28.3 Å². The van der Waals surface area contributed by atoms with Crippen molar-refractivity contribution in [3.8, 4) is 0 Å². The van der Waals surface area contributed by atoms with E-state index in [9.17, 15) is 0 Å². The molecule has 0 aliphatic carbocycles. The van der Waals surface area contributed by atoms with Gasteiger partial charge in [0.15, 0.2) is 0 Å². The summed E-state index contributed by atoms with van der Waals surface area (Å²) >= 11 is 2.34. The lowest BCUT2D eigenvalue weighted by Crippen LogP contribution is -2.26. The lowest BCUT2D eigenvalue weighted by molar-refractivity contribution is 0.183. The van der Waals surface area contributed by atoms with E-state index in [-0.39, 0.29) is 0 Å². The van der Waals surface area contributed by atoms with E-state index in [0.29, 0.717) is 12.0 Å². The van der Waals surface area contributed by atoms with Gasteiger partial charge in [-0.15, -0.1) is 0 Å². The van der Waals surface area contributed by atoms with Crippen LogP contribution in [0.3, 0.4) is 0 Å². The standard InChI is InChI=1S/C12H16INO/c1-9(10-5-6-15-8-10)14-12-4-2-3-11(13)7-12/h2-4,7,9-10,14H,5-6,8H2,1H3. The molecule has 0 saturated carbocycles. The molecular weight excluding hydrogens is 301 g/mol. The quantitative estimate of drug-likeness (QED) is 0.865. The maximum Gasteiger partial charge on any atom is 0.0514 e. The van der Waals surface area contributed by atoms with Gasteiger partial charge in [-0.3, -0.25) is 0 Å². The first-order chi connectivity index (χ1) is 7.25. The van der Waals surface area contributed by atoms with Crippen molar-refractivity contribution in [1.29, 1.82) is 0 Å². The van der Waals surface area contributed by atoms with Crippen molar-refractivity contribution in [2.24, 2.45) is 5.92 Å². The van der Waals surface area contributed by atoms with Crippen LogP contribution in [0.4, 0.5) is 5.69 Å². The van der Waals surface area contributed by atoms with Gasteiger partial charge in [-0.05, 0) is 54.1 Å². The third kappa shape index (κ3) is 3.08. The molecule has 2 atom stereocenters. The molecule has 82 valence electrons. The Morgan fingerprint density at radius 2 is 2.40 bits per heavy atom. The molecular formula is C12H16INO. The van der Waals surface area contributed by atoms with E-state index in [2.05, 4.69) is 59.1 Å². The molecule has 1 heterocycles. The predicted molar refractivity (Wildman–Crippen MR) is 71.2 cm³/mol. The molecule has 0 radical (unpaired) electrons. The number of rotatable bonds is 3. The van der Waals surface area contributed by atoms with Gasteiger partial charge in [-0.25, -0.2) is 0 Å². The largest absolute Gasteiger partial charge is 0.382 e. The summed E-state index contributed by atoms with van der Waals surface area (Å²) in [5.41, 5.74) is 1.21. The molecule has 0 spiro atoms. The lowest BCUT2D eigenvalue weighted by Gasteiger charge is -2.20. The number of hydrogen-bond acceptors (Lipinski definition) is 2. The fourth-order valence-electron chi connectivity index (χ4n) is 1.91. The lowest BCUT2D eigenvalue weighted by atomic mass is 10.0. The minimum absolute atomic E-state index is 0.491. The molecule has 3 heteroatoms. The Labute approximate surface area is 105 Å². The van der Waals surface area contributed by atoms with E-state index in [0.717, 1.165) is 13.2 Å². The summed E-state index contributed by atoms with van der Waals surface area (Å²) in [7, 11) is 0. The van der Waals surface area contributed by atoms with Crippen molar-refractivity contribution in [3.05, 3.63) is 27.8 Å². The summed E-state index contributed by atoms with van der Waals surface area (Å²) in [5.74, 6) is 0.655. The molecule has 1 N–H and O–H groups in total. The average Bonchev–Trinajstić information content (AvgIpc) is 2.70. The maximum atomic E-state index is 5.40. The number of anilines is 1. The van der Waals surface area contributed by atoms with Crippen LogP contribution >= 0.6 is 22.6 Å². The molecule has 1 aromatic carbocycles. The van der Waals surface area contributed by atoms with Gasteiger partial charge in [0.1, 0.15) is 0 Å². The second-order valence-corrected chi connectivity index (χ2v) is 5.31. The first-order valence-corrected chi connectivity index (χ1v) is 6.43. The van der Waals surface area contributed by atoms with Gasteiger partial charge >= 0.3 is 0 Å². The molecule has 1 fully saturated rings. The molecule has 1 saturated heterocycles. The van der Waals surface area contributed by atoms with E-state index < -0.39 is 0 Å². The van der Waals surface area contributed by atoms with Crippen LogP contribution in [0.15, 0.2) is 24.3 Å². The van der Waals surface area contributed by atoms with Crippen molar-refractivity contribution in [2.45, 2.75) is 19.4 Å². The molecule has 2 nitrogen and oxygen atoms in total. The van der Waals surface area contributed by atoms with Crippen molar-refractivity contribution < 1.29 is 4.74 Å². The number of nitrogens with one attached hydrogen (secondary N) is 1. The normalized spacial score (nSPS) is 22.7. The summed E-state index contributed by atoms with van der Waals surface area (Å²) < 4.78 is 6.67. The Morgan fingerprint density at radius 3 is 3.07 bits per heavy atom. The monoisotopic (exact) mass is 317 g/mol. The summed E-state index contributed by atoms with van der Waals surface area (Å²) in [6, 6.07) is 8.98. The Bertz CT molecular complexity index is 323. The van der Waals surface area contributed by atoms with Gasteiger partial charge in [0.2, 0.25) is 0 Å². The fourth-order valence-corrected chi connectivity index (χ4v) is 2.45. The summed E-state index contributed by atoms with van der Waals surface area (Å²) in [5, 5.41) is 3.54. The van der Waals surface area contributed by atoms with Crippen LogP contribution in [0.2, 0.25) is 0 Å². The van der Waals surface area contributed by atoms with Crippen LogP contribution in [0.5, 0.6) is 0 Å². The van der Waals surface area contributed by atoms with E-state index in [1.165, 1.54) is 15.7 Å². The van der Waals surface area contributed by atoms with Crippen LogP contribution in [-0.2, 0) is 4.74 Å². The second-order valence-electron chi connectivity index (χ2n) is 4.07. The molecule has 1 aromatic rings. The predicted octanol–water partition coefficient (Wildman–Crippen LogP) is 3.13. The summed E-state index contributed by atoms with van der Waals surface area (Å²) in [4.78, 5) is 0. The molecule has 15 heavy (non-hydrogen) atoms. The van der Waals surface area contributed by atoms with Crippen LogP contribution in [-0.4, -0.2) is 19.3 Å². The molecule has 0 bridgehead atoms. The molecule has 0 aromatic heterocycles. The van der Waals surface area contributed by atoms with Gasteiger partial charge in [0.05, 0.1) is 6.61 Å². The first kappa shape index (κ1) is 11.2. The Balaban J connectivity index is 1.95. The Morgan fingerprint density at radius 1 is 1.53 bits per heavy atom.